The van der Waals surface area contributed by atoms with Crippen LogP contribution in [0.2, 0.25) is 0 Å². The first-order valence-corrected chi connectivity index (χ1v) is 4.80. The van der Waals surface area contributed by atoms with E-state index in [1.54, 1.807) is 0 Å². The normalized spacial score (nSPS) is 27.0. The molecule has 0 spiro atoms. The maximum Gasteiger partial charge on any atom is 0.155 e. The summed E-state index contributed by atoms with van der Waals surface area (Å²) in [4.78, 5) is 0. The smallest absolute Gasteiger partial charge is 0.155 e. The summed E-state index contributed by atoms with van der Waals surface area (Å²) < 4.78 is 10.9. The predicted molar refractivity (Wildman–Crippen MR) is 48.1 cm³/mol. The Labute approximate surface area is 74.4 Å². The van der Waals surface area contributed by atoms with E-state index in [1.165, 1.54) is 6.42 Å². The Balaban J connectivity index is 2.11. The van der Waals surface area contributed by atoms with Gasteiger partial charge in [0.2, 0.25) is 0 Å². The van der Waals surface area contributed by atoms with E-state index in [0.29, 0.717) is 6.10 Å². The second-order valence-electron chi connectivity index (χ2n) is 3.13. The van der Waals surface area contributed by atoms with Gasteiger partial charge in [0.15, 0.2) is 6.29 Å². The first-order valence-electron chi connectivity index (χ1n) is 4.80. The highest BCUT2D eigenvalue weighted by Crippen LogP contribution is 2.08. The summed E-state index contributed by atoms with van der Waals surface area (Å²) in [5, 5.41) is 3.30. The van der Waals surface area contributed by atoms with E-state index in [2.05, 4.69) is 5.32 Å². The molecule has 0 radical (unpaired) electrons. The zero-order chi connectivity index (χ0) is 8.81. The third-order valence-corrected chi connectivity index (χ3v) is 2.04. The summed E-state index contributed by atoms with van der Waals surface area (Å²) in [6, 6.07) is 0. The Bertz CT molecular complexity index is 113. The molecule has 0 amide bonds. The zero-order valence-electron chi connectivity index (χ0n) is 8.01. The molecule has 0 saturated carbocycles. The van der Waals surface area contributed by atoms with Crippen LogP contribution in [0.1, 0.15) is 26.7 Å². The maximum absolute atomic E-state index is 5.65. The van der Waals surface area contributed by atoms with Gasteiger partial charge in [0.1, 0.15) is 0 Å². The van der Waals surface area contributed by atoms with Gasteiger partial charge in [-0.25, -0.2) is 0 Å². The lowest BCUT2D eigenvalue weighted by atomic mass is 10.1. The minimum Gasteiger partial charge on any atom is -0.353 e. The standard InChI is InChI=1S/C9H19NO2/c1-3-11-8(2)12-9-5-4-6-10-7-9/h8-10H,3-7H2,1-2H3. The number of nitrogens with one attached hydrogen (secondary N) is 1. The Morgan fingerprint density at radius 1 is 1.58 bits per heavy atom. The third kappa shape index (κ3) is 3.52. The largest absolute Gasteiger partial charge is 0.353 e. The number of ether oxygens (including phenoxy) is 2. The SMILES string of the molecule is CCOC(C)OC1CCCNC1. The second-order valence-corrected chi connectivity index (χ2v) is 3.13. The number of piperidine rings is 1. The van der Waals surface area contributed by atoms with Gasteiger partial charge in [-0.3, -0.25) is 0 Å². The monoisotopic (exact) mass is 173 g/mol. The molecule has 0 bridgehead atoms. The predicted octanol–water partition coefficient (Wildman–Crippen LogP) is 1.14. The van der Waals surface area contributed by atoms with Crippen LogP contribution in [0.25, 0.3) is 0 Å². The van der Waals surface area contributed by atoms with Crippen LogP contribution in [0.4, 0.5) is 0 Å². The van der Waals surface area contributed by atoms with Gasteiger partial charge >= 0.3 is 0 Å². The molecule has 2 unspecified atom stereocenters. The Hall–Kier alpha value is -0.120. The molecule has 1 aliphatic heterocycles. The Morgan fingerprint density at radius 3 is 3.00 bits per heavy atom. The molecule has 1 fully saturated rings. The minimum atomic E-state index is -0.0556. The van der Waals surface area contributed by atoms with E-state index in [1.807, 2.05) is 13.8 Å². The summed E-state index contributed by atoms with van der Waals surface area (Å²) in [7, 11) is 0. The molecule has 1 saturated heterocycles. The van der Waals surface area contributed by atoms with Crippen molar-refractivity contribution in [2.24, 2.45) is 0 Å². The highest BCUT2D eigenvalue weighted by atomic mass is 16.7. The van der Waals surface area contributed by atoms with Crippen molar-refractivity contribution in [3.63, 3.8) is 0 Å². The van der Waals surface area contributed by atoms with Crippen molar-refractivity contribution < 1.29 is 9.47 Å². The molecule has 0 aliphatic carbocycles. The lowest BCUT2D eigenvalue weighted by Crippen LogP contribution is -2.37. The molecule has 0 aromatic heterocycles. The van der Waals surface area contributed by atoms with Crippen LogP contribution in [0.3, 0.4) is 0 Å². The van der Waals surface area contributed by atoms with Crippen LogP contribution >= 0.6 is 0 Å². The van der Waals surface area contributed by atoms with E-state index in [0.717, 1.165) is 26.1 Å². The molecule has 0 aromatic rings. The molecule has 3 nitrogen and oxygen atoms in total. The Morgan fingerprint density at radius 2 is 2.42 bits per heavy atom. The Kier molecular flexibility index (Phi) is 4.58. The van der Waals surface area contributed by atoms with E-state index < -0.39 is 0 Å². The van der Waals surface area contributed by atoms with Crippen molar-refractivity contribution >= 4 is 0 Å². The molecular formula is C9H19NO2. The summed E-state index contributed by atoms with van der Waals surface area (Å²) in [5.41, 5.74) is 0. The average molecular weight is 173 g/mol. The summed E-state index contributed by atoms with van der Waals surface area (Å²) in [5.74, 6) is 0. The fourth-order valence-corrected chi connectivity index (χ4v) is 1.48. The molecule has 0 aromatic carbocycles. The van der Waals surface area contributed by atoms with Crippen LogP contribution < -0.4 is 5.32 Å². The van der Waals surface area contributed by atoms with Gasteiger partial charge in [0, 0.05) is 13.2 Å². The van der Waals surface area contributed by atoms with Crippen LogP contribution in [-0.2, 0) is 9.47 Å². The first kappa shape index (κ1) is 9.96. The average Bonchev–Trinajstić information content (AvgIpc) is 2.06. The van der Waals surface area contributed by atoms with Crippen molar-refractivity contribution in [1.29, 1.82) is 0 Å². The van der Waals surface area contributed by atoms with Gasteiger partial charge in [0.05, 0.1) is 6.10 Å². The van der Waals surface area contributed by atoms with Crippen molar-refractivity contribution in [2.45, 2.75) is 39.1 Å². The van der Waals surface area contributed by atoms with Crippen molar-refractivity contribution in [1.82, 2.24) is 5.32 Å². The molecule has 1 aliphatic rings. The fourth-order valence-electron chi connectivity index (χ4n) is 1.48. The topological polar surface area (TPSA) is 30.5 Å². The summed E-state index contributed by atoms with van der Waals surface area (Å²) >= 11 is 0. The summed E-state index contributed by atoms with van der Waals surface area (Å²) in [6.07, 6.45) is 2.66. The van der Waals surface area contributed by atoms with Gasteiger partial charge in [-0.2, -0.15) is 0 Å². The highest BCUT2D eigenvalue weighted by Gasteiger charge is 2.15. The van der Waals surface area contributed by atoms with Crippen molar-refractivity contribution in [2.75, 3.05) is 19.7 Å². The molecule has 3 heteroatoms. The molecule has 1 heterocycles. The van der Waals surface area contributed by atoms with E-state index >= 15 is 0 Å². The first-order chi connectivity index (χ1) is 5.83. The van der Waals surface area contributed by atoms with Crippen LogP contribution in [0.15, 0.2) is 0 Å². The molecular weight excluding hydrogens is 154 g/mol. The number of rotatable bonds is 4. The quantitative estimate of drug-likeness (QED) is 0.647. The van der Waals surface area contributed by atoms with E-state index in [9.17, 15) is 0 Å². The van der Waals surface area contributed by atoms with Gasteiger partial charge in [0.25, 0.3) is 0 Å². The second kappa shape index (κ2) is 5.51. The molecule has 1 rings (SSSR count). The lowest BCUT2D eigenvalue weighted by Gasteiger charge is -2.26. The van der Waals surface area contributed by atoms with Gasteiger partial charge in [-0.1, -0.05) is 0 Å². The van der Waals surface area contributed by atoms with Crippen molar-refractivity contribution in [3.05, 3.63) is 0 Å². The number of hydrogen-bond acceptors (Lipinski definition) is 3. The molecule has 2 atom stereocenters. The third-order valence-electron chi connectivity index (χ3n) is 2.04. The van der Waals surface area contributed by atoms with Crippen molar-refractivity contribution in [3.8, 4) is 0 Å². The molecule has 12 heavy (non-hydrogen) atoms. The fraction of sp³-hybridized carbons (Fsp3) is 1.00. The van der Waals surface area contributed by atoms with Crippen LogP contribution in [-0.4, -0.2) is 32.1 Å². The lowest BCUT2D eigenvalue weighted by molar-refractivity contribution is -0.160. The maximum atomic E-state index is 5.65. The zero-order valence-corrected chi connectivity index (χ0v) is 8.01. The molecule has 1 N–H and O–H groups in total. The minimum absolute atomic E-state index is 0.0556. The molecule has 72 valence electrons. The van der Waals surface area contributed by atoms with Gasteiger partial charge in [-0.05, 0) is 33.2 Å². The summed E-state index contributed by atoms with van der Waals surface area (Å²) in [6.45, 7) is 6.76. The van der Waals surface area contributed by atoms with Crippen LogP contribution in [0, 0.1) is 0 Å². The van der Waals surface area contributed by atoms with Gasteiger partial charge in [-0.15, -0.1) is 0 Å². The highest BCUT2D eigenvalue weighted by molar-refractivity contribution is 4.68. The van der Waals surface area contributed by atoms with Gasteiger partial charge < -0.3 is 14.8 Å². The van der Waals surface area contributed by atoms with Crippen LogP contribution in [0.5, 0.6) is 0 Å². The number of hydrogen-bond donors (Lipinski definition) is 1. The van der Waals surface area contributed by atoms with E-state index in [4.69, 9.17) is 9.47 Å². The van der Waals surface area contributed by atoms with E-state index in [-0.39, 0.29) is 6.29 Å².